The Kier molecular flexibility index (Phi) is 22.0. The van der Waals surface area contributed by atoms with Crippen molar-refractivity contribution in [2.75, 3.05) is 53.9 Å². The summed E-state index contributed by atoms with van der Waals surface area (Å²) in [6.45, 7) is 11.7. The van der Waals surface area contributed by atoms with Crippen LogP contribution in [0.1, 0.15) is 95.6 Å². The van der Waals surface area contributed by atoms with E-state index in [1.54, 1.807) is 0 Å². The number of carbonyl (C=O) groups excluding carboxylic acids is 4. The summed E-state index contributed by atoms with van der Waals surface area (Å²) in [6.07, 6.45) is 10.1. The molecule has 0 fully saturated rings. The number of nitrogens with one attached hydrogen (secondary N) is 2. The van der Waals surface area contributed by atoms with Crippen molar-refractivity contribution in [2.24, 2.45) is 5.73 Å². The van der Waals surface area contributed by atoms with E-state index in [0.29, 0.717) is 43.8 Å². The van der Waals surface area contributed by atoms with E-state index in [1.807, 2.05) is 125 Å². The van der Waals surface area contributed by atoms with Crippen LogP contribution in [0, 0.1) is 27.7 Å². The molecule has 8 rings (SSSR count). The Hall–Kier alpha value is -7.49. The molecule has 0 bridgehead atoms. The summed E-state index contributed by atoms with van der Waals surface area (Å²) in [7, 11) is 2.68. The van der Waals surface area contributed by atoms with Crippen molar-refractivity contribution in [1.82, 2.24) is 10.6 Å². The van der Waals surface area contributed by atoms with Gasteiger partial charge in [0.25, 0.3) is 11.8 Å². The molecular formula is C62H71N3O11. The van der Waals surface area contributed by atoms with Crippen LogP contribution in [0.5, 0.6) is 0 Å². The molecule has 0 aliphatic carbocycles. The lowest BCUT2D eigenvalue weighted by molar-refractivity contribution is -0.143. The van der Waals surface area contributed by atoms with E-state index in [9.17, 15) is 29.1 Å². The highest BCUT2D eigenvalue weighted by Gasteiger charge is 2.26. The predicted molar refractivity (Wildman–Crippen MR) is 295 cm³/mol. The third-order valence-electron chi connectivity index (χ3n) is 13.5. The molecule has 2 amide bonds. The topological polar surface area (TPSA) is 202 Å². The van der Waals surface area contributed by atoms with E-state index >= 15 is 0 Å². The van der Waals surface area contributed by atoms with Crippen LogP contribution in [-0.2, 0) is 57.3 Å². The molecule has 0 radical (unpaired) electrons. The van der Waals surface area contributed by atoms with Crippen molar-refractivity contribution >= 4 is 46.4 Å². The standard InChI is InChI=1S/C24H27NO4.C23H25NO4.C15H19NO3/c1-16-5-4-6-17(2)22(16)23(26)25-21(24(27)28-3)15-18-7-9-19(10-8-18)20-11-13-29-14-12-20;1-15-4-3-5-16(2)21(15)22(25)24-20(23(26)27)14-17-6-8-18(9-7-17)19-10-12-28-13-11-19;1-18-15(17)14(16)10-11-2-4-12(5-3-11)13-6-8-19-9-7-13/h4-11,21H,12-15H2,1-3H3,(H,25,26);3-10,20H,11-14H2,1-2H3,(H,24,25)(H,26,27);2-6,14H,7-10,16H2,1H3/t21-;20-;14-/m000/s1. The highest BCUT2D eigenvalue weighted by Crippen LogP contribution is 2.25. The quantitative estimate of drug-likeness (QED) is 0.0687. The van der Waals surface area contributed by atoms with Crippen LogP contribution < -0.4 is 16.4 Å². The average molecular weight is 1030 g/mol. The average Bonchev–Trinajstić information content (AvgIpc) is 3.44. The molecular weight excluding hydrogens is 963 g/mol. The van der Waals surface area contributed by atoms with E-state index in [-0.39, 0.29) is 24.2 Å². The Morgan fingerprint density at radius 1 is 0.500 bits per heavy atom. The highest BCUT2D eigenvalue weighted by atomic mass is 16.5. The molecule has 3 atom stereocenters. The van der Waals surface area contributed by atoms with Gasteiger partial charge in [-0.15, -0.1) is 0 Å². The Morgan fingerprint density at radius 3 is 1.14 bits per heavy atom. The fraction of sp³-hybridized carbons (Fsp3) is 0.339. The summed E-state index contributed by atoms with van der Waals surface area (Å²) in [4.78, 5) is 60.8. The predicted octanol–water partition coefficient (Wildman–Crippen LogP) is 8.69. The van der Waals surface area contributed by atoms with E-state index in [1.165, 1.54) is 36.5 Å². The van der Waals surface area contributed by atoms with E-state index in [2.05, 4.69) is 45.7 Å². The molecule has 76 heavy (non-hydrogen) atoms. The Labute approximate surface area is 446 Å². The molecule has 5 N–H and O–H groups in total. The van der Waals surface area contributed by atoms with Gasteiger partial charge in [-0.1, -0.05) is 127 Å². The van der Waals surface area contributed by atoms with Gasteiger partial charge in [0, 0.05) is 24.0 Å². The Balaban J connectivity index is 0.000000189. The Morgan fingerprint density at radius 2 is 0.829 bits per heavy atom. The van der Waals surface area contributed by atoms with Gasteiger partial charge in [0.2, 0.25) is 0 Å². The zero-order valence-corrected chi connectivity index (χ0v) is 44.4. The number of carboxylic acid groups (broad SMARTS) is 1. The van der Waals surface area contributed by atoms with Gasteiger partial charge < -0.3 is 45.2 Å². The SMILES string of the molecule is COC(=O)[C@@H](N)Cc1ccc(C2=CCOCC2)cc1.COC(=O)[C@H](Cc1ccc(C2=CCOCC2)cc1)NC(=O)c1c(C)cccc1C.Cc1cccc(C)c1C(=O)N[C@@H](Cc1ccc(C2=CCOCC2)cc1)C(=O)O. The molecule has 400 valence electrons. The second kappa shape index (κ2) is 29.0. The van der Waals surface area contributed by atoms with Crippen molar-refractivity contribution < 1.29 is 52.8 Å². The van der Waals surface area contributed by atoms with Gasteiger partial charge in [-0.2, -0.15) is 0 Å². The zero-order chi connectivity index (χ0) is 54.6. The second-order valence-corrected chi connectivity index (χ2v) is 18.9. The number of esters is 2. The first-order chi connectivity index (χ1) is 36.6. The molecule has 0 saturated carbocycles. The maximum Gasteiger partial charge on any atom is 0.328 e. The van der Waals surface area contributed by atoms with Gasteiger partial charge >= 0.3 is 17.9 Å². The van der Waals surface area contributed by atoms with Gasteiger partial charge in [-0.05, 0) is 126 Å². The summed E-state index contributed by atoms with van der Waals surface area (Å²) in [5, 5.41) is 15.1. The number of rotatable bonds is 16. The minimum atomic E-state index is -1.05. The number of carbonyl (C=O) groups is 5. The molecule has 0 unspecified atom stereocenters. The molecule has 5 aromatic rings. The van der Waals surface area contributed by atoms with Gasteiger partial charge in [-0.25, -0.2) is 9.59 Å². The van der Waals surface area contributed by atoms with Gasteiger partial charge in [-0.3, -0.25) is 14.4 Å². The lowest BCUT2D eigenvalue weighted by Gasteiger charge is -2.19. The minimum Gasteiger partial charge on any atom is -0.480 e. The minimum absolute atomic E-state index is 0.231. The zero-order valence-electron chi connectivity index (χ0n) is 44.4. The third kappa shape index (κ3) is 16.8. The molecule has 3 aliphatic rings. The number of aryl methyl sites for hydroxylation is 4. The van der Waals surface area contributed by atoms with Crippen LogP contribution in [0.15, 0.2) is 127 Å². The number of nitrogens with two attached hydrogens (primary N) is 1. The van der Waals surface area contributed by atoms with E-state index < -0.39 is 30.1 Å². The largest absolute Gasteiger partial charge is 0.480 e. The molecule has 3 heterocycles. The number of ether oxygens (including phenoxy) is 5. The van der Waals surface area contributed by atoms with Gasteiger partial charge in [0.15, 0.2) is 0 Å². The second-order valence-electron chi connectivity index (χ2n) is 18.9. The molecule has 0 saturated heterocycles. The van der Waals surface area contributed by atoms with Crippen LogP contribution in [0.25, 0.3) is 16.7 Å². The lowest BCUT2D eigenvalue weighted by Crippen LogP contribution is -2.43. The van der Waals surface area contributed by atoms with E-state index in [0.717, 1.165) is 89.2 Å². The normalized spacial score (nSPS) is 15.2. The third-order valence-corrected chi connectivity index (χ3v) is 13.5. The monoisotopic (exact) mass is 1030 g/mol. The highest BCUT2D eigenvalue weighted by molar-refractivity contribution is 6.00. The molecule has 14 heteroatoms. The van der Waals surface area contributed by atoms with Crippen LogP contribution in [-0.4, -0.2) is 107 Å². The fourth-order valence-electron chi connectivity index (χ4n) is 9.23. The summed E-state index contributed by atoms with van der Waals surface area (Å²) in [6, 6.07) is 33.0. The number of methoxy groups -OCH3 is 2. The first kappa shape index (κ1) is 57.8. The summed E-state index contributed by atoms with van der Waals surface area (Å²) < 4.78 is 25.5. The molecule has 14 nitrogen and oxygen atoms in total. The molecule has 5 aromatic carbocycles. The summed E-state index contributed by atoms with van der Waals surface area (Å²) in [5.41, 5.74) is 20.5. The van der Waals surface area contributed by atoms with E-state index in [4.69, 9.17) is 24.7 Å². The van der Waals surface area contributed by atoms with Gasteiger partial charge in [0.1, 0.15) is 18.1 Å². The first-order valence-corrected chi connectivity index (χ1v) is 25.6. The van der Waals surface area contributed by atoms with Crippen molar-refractivity contribution in [3.63, 3.8) is 0 Å². The number of hydrogen-bond donors (Lipinski definition) is 4. The van der Waals surface area contributed by atoms with Crippen LogP contribution >= 0.6 is 0 Å². The van der Waals surface area contributed by atoms with Crippen molar-refractivity contribution in [1.29, 1.82) is 0 Å². The maximum absolute atomic E-state index is 12.8. The number of benzene rings is 5. The Bertz CT molecular complexity index is 2850. The van der Waals surface area contributed by atoms with Crippen LogP contribution in [0.2, 0.25) is 0 Å². The summed E-state index contributed by atoms with van der Waals surface area (Å²) in [5.74, 6) is -2.50. The number of carboxylic acids is 1. The lowest BCUT2D eigenvalue weighted by atomic mass is 9.97. The van der Waals surface area contributed by atoms with Gasteiger partial charge in [0.05, 0.1) is 53.9 Å². The number of amides is 2. The van der Waals surface area contributed by atoms with Crippen molar-refractivity contribution in [3.8, 4) is 0 Å². The van der Waals surface area contributed by atoms with Crippen LogP contribution in [0.3, 0.4) is 0 Å². The van der Waals surface area contributed by atoms with Crippen molar-refractivity contribution in [2.45, 2.75) is 84.3 Å². The van der Waals surface area contributed by atoms with Crippen LogP contribution in [0.4, 0.5) is 0 Å². The molecule has 0 aromatic heterocycles. The summed E-state index contributed by atoms with van der Waals surface area (Å²) >= 11 is 0. The smallest absolute Gasteiger partial charge is 0.328 e. The van der Waals surface area contributed by atoms with Crippen molar-refractivity contribution in [3.05, 3.63) is 194 Å². The molecule has 3 aliphatic heterocycles. The maximum atomic E-state index is 12.8. The number of hydrogen-bond acceptors (Lipinski definition) is 11. The fourth-order valence-corrected chi connectivity index (χ4v) is 9.23. The molecule has 0 spiro atoms. The first-order valence-electron chi connectivity index (χ1n) is 25.6. The number of aliphatic carboxylic acids is 1.